The Bertz CT molecular complexity index is 1390. The first-order valence-corrected chi connectivity index (χ1v) is 14.7. The van der Waals surface area contributed by atoms with Crippen LogP contribution in [0.1, 0.15) is 52.1 Å². The number of ether oxygens (including phenoxy) is 1. The highest BCUT2D eigenvalue weighted by molar-refractivity contribution is 7.89. The van der Waals surface area contributed by atoms with Gasteiger partial charge in [0, 0.05) is 26.7 Å². The van der Waals surface area contributed by atoms with Crippen LogP contribution in [0.4, 0.5) is 0 Å². The van der Waals surface area contributed by atoms with E-state index in [0.29, 0.717) is 55.0 Å². The summed E-state index contributed by atoms with van der Waals surface area (Å²) in [6.07, 6.45) is 4.65. The van der Waals surface area contributed by atoms with E-state index >= 15 is 0 Å². The lowest BCUT2D eigenvalue weighted by molar-refractivity contribution is 0.299. The molecule has 0 amide bonds. The third-order valence-electron chi connectivity index (χ3n) is 6.77. The van der Waals surface area contributed by atoms with Crippen LogP contribution in [-0.4, -0.2) is 76.7 Å². The summed E-state index contributed by atoms with van der Waals surface area (Å²) in [4.78, 5) is 23.1. The summed E-state index contributed by atoms with van der Waals surface area (Å²) in [7, 11) is -2.04. The number of nitrogens with zero attached hydrogens (tertiary/aromatic N) is 5. The van der Waals surface area contributed by atoms with Crippen molar-refractivity contribution in [2.75, 3.05) is 39.3 Å². The number of rotatable bonds is 12. The Balaban J connectivity index is 1.77. The van der Waals surface area contributed by atoms with Crippen molar-refractivity contribution >= 4 is 21.1 Å². The molecule has 1 N–H and O–H groups in total. The number of aryl methyl sites for hydroxylation is 2. The van der Waals surface area contributed by atoms with E-state index in [1.54, 1.807) is 29.9 Å². The number of benzene rings is 1. The molecule has 1 aromatic carbocycles. The molecule has 1 fully saturated rings. The molecule has 1 aliphatic heterocycles. The van der Waals surface area contributed by atoms with Gasteiger partial charge in [0.15, 0.2) is 5.52 Å². The van der Waals surface area contributed by atoms with Gasteiger partial charge in [-0.25, -0.2) is 13.4 Å². The van der Waals surface area contributed by atoms with Gasteiger partial charge < -0.3 is 14.6 Å². The largest absolute Gasteiger partial charge is 0.493 e. The van der Waals surface area contributed by atoms with E-state index < -0.39 is 10.0 Å². The number of fused-ring (bicyclic) bond motifs is 1. The van der Waals surface area contributed by atoms with E-state index in [0.717, 1.165) is 44.5 Å². The molecule has 0 spiro atoms. The maximum atomic E-state index is 13.7. The Labute approximate surface area is 218 Å². The number of hydrogen-bond donors (Lipinski definition) is 1. The summed E-state index contributed by atoms with van der Waals surface area (Å²) in [5.74, 6) is 0.746. The van der Waals surface area contributed by atoms with Crippen LogP contribution in [0.25, 0.3) is 22.4 Å². The number of hydrogen-bond acceptors (Lipinski definition) is 7. The number of likely N-dealkylation sites (N-methyl/N-ethyl adjacent to an activating group) is 1. The smallest absolute Gasteiger partial charge is 0.277 e. The van der Waals surface area contributed by atoms with Crippen LogP contribution in [0.3, 0.4) is 0 Å². The van der Waals surface area contributed by atoms with Gasteiger partial charge in [0.05, 0.1) is 22.8 Å². The van der Waals surface area contributed by atoms with E-state index in [2.05, 4.69) is 15.0 Å². The summed E-state index contributed by atoms with van der Waals surface area (Å²) in [5, 5.41) is 4.49. The molecule has 1 saturated heterocycles. The molecular weight excluding hydrogens is 492 g/mol. The molecule has 0 radical (unpaired) electrons. The molecule has 0 aliphatic carbocycles. The molecule has 2 aromatic heterocycles. The SMILES string of the molecule is CCCOc1ccc(S(=O)(=O)N(CC)CCN2CCCC2)cc1-c1nc2c(CCC)nn(C)c2c(=O)[nH]1. The summed E-state index contributed by atoms with van der Waals surface area (Å²) < 4.78 is 36.3. The predicted octanol–water partition coefficient (Wildman–Crippen LogP) is 3.17. The zero-order chi connectivity index (χ0) is 26.6. The van der Waals surface area contributed by atoms with E-state index in [1.807, 2.05) is 20.8 Å². The standard InChI is InChI=1S/C26H38N6O4S/c1-5-10-21-23-24(30(4)29-21)26(33)28-25(27-23)20-18-19(11-12-22(20)36-17-6-2)37(34,35)32(7-3)16-15-31-13-8-9-14-31/h11-12,18H,5-10,13-17H2,1-4H3,(H,27,28,33). The lowest BCUT2D eigenvalue weighted by atomic mass is 10.1. The number of nitrogens with one attached hydrogen (secondary N) is 1. The van der Waals surface area contributed by atoms with Crippen molar-refractivity contribution in [3.8, 4) is 17.1 Å². The van der Waals surface area contributed by atoms with Crippen molar-refractivity contribution in [1.29, 1.82) is 0 Å². The molecule has 0 unspecified atom stereocenters. The van der Waals surface area contributed by atoms with Gasteiger partial charge in [0.2, 0.25) is 10.0 Å². The molecule has 0 saturated carbocycles. The van der Waals surface area contributed by atoms with Crippen molar-refractivity contribution in [1.82, 2.24) is 29.0 Å². The second kappa shape index (κ2) is 11.7. The van der Waals surface area contributed by atoms with Crippen LogP contribution in [0, 0.1) is 0 Å². The number of sulfonamides is 1. The average molecular weight is 531 g/mol. The first-order chi connectivity index (χ1) is 17.8. The average Bonchev–Trinajstić information content (AvgIpc) is 3.51. The van der Waals surface area contributed by atoms with Gasteiger partial charge in [-0.2, -0.15) is 9.40 Å². The Hall–Kier alpha value is -2.76. The van der Waals surface area contributed by atoms with Gasteiger partial charge in [0.25, 0.3) is 5.56 Å². The van der Waals surface area contributed by atoms with Crippen molar-refractivity contribution in [2.24, 2.45) is 7.05 Å². The van der Waals surface area contributed by atoms with Crippen molar-refractivity contribution in [3.63, 3.8) is 0 Å². The van der Waals surface area contributed by atoms with Crippen LogP contribution in [0.2, 0.25) is 0 Å². The Morgan fingerprint density at radius 3 is 2.57 bits per heavy atom. The van der Waals surface area contributed by atoms with Gasteiger partial charge in [-0.05, 0) is 57.0 Å². The maximum absolute atomic E-state index is 13.7. The fourth-order valence-corrected chi connectivity index (χ4v) is 6.30. The van der Waals surface area contributed by atoms with E-state index in [1.165, 1.54) is 4.31 Å². The fourth-order valence-electron chi connectivity index (χ4n) is 4.83. The third-order valence-corrected chi connectivity index (χ3v) is 8.74. The van der Waals surface area contributed by atoms with Gasteiger partial charge in [-0.1, -0.05) is 27.2 Å². The summed E-state index contributed by atoms with van der Waals surface area (Å²) in [5.41, 5.74) is 1.78. The second-order valence-corrected chi connectivity index (χ2v) is 11.4. The lowest BCUT2D eigenvalue weighted by Gasteiger charge is -2.24. The number of likely N-dealkylation sites (tertiary alicyclic amines) is 1. The Kier molecular flexibility index (Phi) is 8.66. The highest BCUT2D eigenvalue weighted by Crippen LogP contribution is 2.32. The summed E-state index contributed by atoms with van der Waals surface area (Å²) in [6, 6.07) is 4.80. The number of aromatic amines is 1. The molecule has 0 bridgehead atoms. The molecule has 1 aliphatic rings. The highest BCUT2D eigenvalue weighted by Gasteiger charge is 2.26. The number of H-pyrrole nitrogens is 1. The zero-order valence-corrected chi connectivity index (χ0v) is 23.1. The molecule has 202 valence electrons. The molecular formula is C26H38N6O4S. The highest BCUT2D eigenvalue weighted by atomic mass is 32.2. The van der Waals surface area contributed by atoms with Crippen molar-refractivity contribution < 1.29 is 13.2 Å². The normalized spacial score (nSPS) is 14.7. The topological polar surface area (TPSA) is 113 Å². The zero-order valence-electron chi connectivity index (χ0n) is 22.3. The monoisotopic (exact) mass is 530 g/mol. The summed E-state index contributed by atoms with van der Waals surface area (Å²) >= 11 is 0. The van der Waals surface area contributed by atoms with Gasteiger partial charge in [-0.3, -0.25) is 9.48 Å². The third kappa shape index (κ3) is 5.73. The first kappa shape index (κ1) is 27.3. The minimum absolute atomic E-state index is 0.150. The van der Waals surface area contributed by atoms with E-state index in [9.17, 15) is 13.2 Å². The van der Waals surface area contributed by atoms with Crippen LogP contribution in [0.5, 0.6) is 5.75 Å². The van der Waals surface area contributed by atoms with Gasteiger partial charge >= 0.3 is 0 Å². The maximum Gasteiger partial charge on any atom is 0.277 e. The Morgan fingerprint density at radius 2 is 1.89 bits per heavy atom. The molecule has 11 heteroatoms. The van der Waals surface area contributed by atoms with Crippen LogP contribution in [0.15, 0.2) is 27.9 Å². The van der Waals surface area contributed by atoms with Crippen LogP contribution >= 0.6 is 0 Å². The Morgan fingerprint density at radius 1 is 1.14 bits per heavy atom. The molecule has 10 nitrogen and oxygen atoms in total. The minimum atomic E-state index is -3.76. The molecule has 3 heterocycles. The summed E-state index contributed by atoms with van der Waals surface area (Å²) in [6.45, 7) is 9.89. The number of aromatic nitrogens is 4. The van der Waals surface area contributed by atoms with Gasteiger partial charge in [0.1, 0.15) is 17.1 Å². The van der Waals surface area contributed by atoms with Gasteiger partial charge in [-0.15, -0.1) is 0 Å². The quantitative estimate of drug-likeness (QED) is 0.383. The molecule has 37 heavy (non-hydrogen) atoms. The van der Waals surface area contributed by atoms with E-state index in [-0.39, 0.29) is 16.3 Å². The second-order valence-electron chi connectivity index (χ2n) is 9.48. The van der Waals surface area contributed by atoms with Crippen LogP contribution < -0.4 is 10.3 Å². The minimum Gasteiger partial charge on any atom is -0.493 e. The predicted molar refractivity (Wildman–Crippen MR) is 144 cm³/mol. The van der Waals surface area contributed by atoms with Crippen LogP contribution in [-0.2, 0) is 23.5 Å². The van der Waals surface area contributed by atoms with Crippen molar-refractivity contribution in [2.45, 2.75) is 57.8 Å². The molecule has 4 rings (SSSR count). The fraction of sp³-hybridized carbons (Fsp3) is 0.577. The molecule has 3 aromatic rings. The van der Waals surface area contributed by atoms with E-state index in [4.69, 9.17) is 9.72 Å². The first-order valence-electron chi connectivity index (χ1n) is 13.3. The van der Waals surface area contributed by atoms with Crippen molar-refractivity contribution in [3.05, 3.63) is 34.2 Å². The molecule has 0 atom stereocenters. The lowest BCUT2D eigenvalue weighted by Crippen LogP contribution is -2.37.